The number of carbonyl (C=O) groups excluding carboxylic acids is 1. The Bertz CT molecular complexity index is 1020. The number of ether oxygens (including phenoxy) is 1. The van der Waals surface area contributed by atoms with Crippen molar-refractivity contribution in [1.29, 1.82) is 0 Å². The van der Waals surface area contributed by atoms with Crippen molar-refractivity contribution in [3.63, 3.8) is 0 Å². The average molecular weight is 494 g/mol. The number of rotatable bonds is 7. The van der Waals surface area contributed by atoms with Crippen LogP contribution in [-0.2, 0) is 22.5 Å². The highest BCUT2D eigenvalue weighted by Crippen LogP contribution is 2.36. The van der Waals surface area contributed by atoms with Crippen molar-refractivity contribution in [2.75, 3.05) is 25.2 Å². The first-order valence-corrected chi connectivity index (χ1v) is 14.7. The highest BCUT2D eigenvalue weighted by molar-refractivity contribution is 5.98. The largest absolute Gasteiger partial charge is 0.379 e. The summed E-state index contributed by atoms with van der Waals surface area (Å²) in [7, 11) is 2.10. The molecule has 1 aliphatic heterocycles. The third-order valence-electron chi connectivity index (χ3n) is 9.05. The van der Waals surface area contributed by atoms with E-state index in [1.807, 2.05) is 0 Å². The number of nitrogens with zero attached hydrogens (tertiary/aromatic N) is 2. The molecule has 5 rings (SSSR count). The van der Waals surface area contributed by atoms with E-state index in [9.17, 15) is 4.79 Å². The van der Waals surface area contributed by atoms with Gasteiger partial charge in [-0.2, -0.15) is 0 Å². The second kappa shape index (κ2) is 11.6. The fourth-order valence-corrected chi connectivity index (χ4v) is 7.18. The highest BCUT2D eigenvalue weighted by Gasteiger charge is 2.33. The third kappa shape index (κ3) is 5.61. The van der Waals surface area contributed by atoms with Crippen molar-refractivity contribution < 1.29 is 9.53 Å². The molecule has 198 valence electrons. The Morgan fingerprint density at radius 3 is 2.36 bits per heavy atom. The zero-order chi connectivity index (χ0) is 25.1. The Morgan fingerprint density at radius 2 is 1.67 bits per heavy atom. The number of hydrogen-bond acceptors (Lipinski definition) is 3. The third-order valence-corrected chi connectivity index (χ3v) is 9.05. The van der Waals surface area contributed by atoms with Crippen LogP contribution in [0.15, 0.2) is 24.4 Å². The molecule has 0 bridgehead atoms. The smallest absolute Gasteiger partial charge is 0.243 e. The average Bonchev–Trinajstić information content (AvgIpc) is 3.23. The predicted molar refractivity (Wildman–Crippen MR) is 149 cm³/mol. The topological polar surface area (TPSA) is 46.5 Å². The molecule has 2 atom stereocenters. The maximum Gasteiger partial charge on any atom is 0.243 e. The van der Waals surface area contributed by atoms with Gasteiger partial charge in [-0.25, -0.2) is 0 Å². The molecule has 0 saturated heterocycles. The quantitative estimate of drug-likeness (QED) is 0.491. The minimum absolute atomic E-state index is 0.00405. The van der Waals surface area contributed by atoms with Crippen LogP contribution in [0.25, 0.3) is 10.9 Å². The van der Waals surface area contributed by atoms with Crippen molar-refractivity contribution in [3.8, 4) is 0 Å². The normalized spacial score (nSPS) is 24.6. The van der Waals surface area contributed by atoms with E-state index in [2.05, 4.69) is 60.1 Å². The number of amides is 1. The minimum Gasteiger partial charge on any atom is -0.379 e. The SMILES string of the molecule is CC(C)[C@H]1C(=O)N[C@H](COCC2CCCCC2)Cc2cn(CC3CCCCC3)c3cccc(c23)N1C. The van der Waals surface area contributed by atoms with Crippen molar-refractivity contribution in [2.24, 2.45) is 17.8 Å². The van der Waals surface area contributed by atoms with Crippen molar-refractivity contribution in [2.45, 2.75) is 103 Å². The summed E-state index contributed by atoms with van der Waals surface area (Å²) in [6.07, 6.45) is 16.6. The van der Waals surface area contributed by atoms with Gasteiger partial charge in [-0.1, -0.05) is 58.4 Å². The summed E-state index contributed by atoms with van der Waals surface area (Å²) in [5.41, 5.74) is 3.85. The lowest BCUT2D eigenvalue weighted by Gasteiger charge is -2.33. The van der Waals surface area contributed by atoms with E-state index in [0.717, 1.165) is 25.5 Å². The van der Waals surface area contributed by atoms with Crippen LogP contribution in [0.1, 0.15) is 83.6 Å². The summed E-state index contributed by atoms with van der Waals surface area (Å²) >= 11 is 0. The fraction of sp³-hybridized carbons (Fsp3) is 0.710. The summed E-state index contributed by atoms with van der Waals surface area (Å²) in [6, 6.07) is 6.46. The van der Waals surface area contributed by atoms with Gasteiger partial charge in [0.1, 0.15) is 6.04 Å². The first-order chi connectivity index (χ1) is 17.5. The summed E-state index contributed by atoms with van der Waals surface area (Å²) in [4.78, 5) is 15.8. The number of likely N-dealkylation sites (N-methyl/N-ethyl adjacent to an activating group) is 1. The predicted octanol–water partition coefficient (Wildman–Crippen LogP) is 6.32. The molecule has 2 aliphatic carbocycles. The molecule has 2 fully saturated rings. The summed E-state index contributed by atoms with van der Waals surface area (Å²) in [6.45, 7) is 6.83. The van der Waals surface area contributed by atoms with E-state index in [4.69, 9.17) is 4.74 Å². The van der Waals surface area contributed by atoms with Crippen LogP contribution in [-0.4, -0.2) is 42.8 Å². The van der Waals surface area contributed by atoms with Crippen LogP contribution in [0, 0.1) is 17.8 Å². The Kier molecular flexibility index (Phi) is 8.25. The van der Waals surface area contributed by atoms with Crippen LogP contribution in [0.2, 0.25) is 0 Å². The van der Waals surface area contributed by atoms with Gasteiger partial charge in [0.05, 0.1) is 18.2 Å². The standard InChI is InChI=1S/C31H47N3O2/c1-22(2)30-31(35)32-26(21-36-20-24-13-8-5-9-14-24)17-25-19-34(18-23-11-6-4-7-12-23)28-16-10-15-27(29(25)28)33(30)3/h10,15-16,19,22-24,26,30H,4-9,11-14,17-18,20-21H2,1-3H3,(H,32,35)/t26-,30-/m0/s1. The van der Waals surface area contributed by atoms with Gasteiger partial charge in [0, 0.05) is 37.5 Å². The van der Waals surface area contributed by atoms with Gasteiger partial charge >= 0.3 is 0 Å². The van der Waals surface area contributed by atoms with Gasteiger partial charge in [-0.3, -0.25) is 4.79 Å². The first kappa shape index (κ1) is 25.6. The maximum atomic E-state index is 13.6. The first-order valence-electron chi connectivity index (χ1n) is 14.7. The van der Waals surface area contributed by atoms with Gasteiger partial charge in [0.2, 0.25) is 5.91 Å². The molecule has 1 aromatic heterocycles. The van der Waals surface area contributed by atoms with Gasteiger partial charge in [0.15, 0.2) is 0 Å². The molecule has 2 saturated carbocycles. The van der Waals surface area contributed by atoms with Crippen LogP contribution < -0.4 is 10.2 Å². The lowest BCUT2D eigenvalue weighted by atomic mass is 9.89. The van der Waals surface area contributed by atoms with E-state index in [1.54, 1.807) is 0 Å². The molecular formula is C31H47N3O2. The molecule has 1 N–H and O–H groups in total. The molecule has 2 heterocycles. The number of benzene rings is 1. The van der Waals surface area contributed by atoms with Crippen molar-refractivity contribution in [3.05, 3.63) is 30.0 Å². The van der Waals surface area contributed by atoms with Crippen LogP contribution in [0.5, 0.6) is 0 Å². The molecule has 0 unspecified atom stereocenters. The second-order valence-corrected chi connectivity index (χ2v) is 12.2. The molecule has 36 heavy (non-hydrogen) atoms. The summed E-state index contributed by atoms with van der Waals surface area (Å²) in [5, 5.41) is 4.74. The fourth-order valence-electron chi connectivity index (χ4n) is 7.18. The highest BCUT2D eigenvalue weighted by atomic mass is 16.5. The molecular weight excluding hydrogens is 446 g/mol. The van der Waals surface area contributed by atoms with Gasteiger partial charge in [-0.05, 0) is 67.6 Å². The Hall–Kier alpha value is -2.01. The van der Waals surface area contributed by atoms with Crippen LogP contribution in [0.4, 0.5) is 5.69 Å². The van der Waals surface area contributed by atoms with Gasteiger partial charge in [-0.15, -0.1) is 0 Å². The van der Waals surface area contributed by atoms with Gasteiger partial charge < -0.3 is 19.5 Å². The minimum atomic E-state index is -0.205. The molecule has 2 aromatic rings. The maximum absolute atomic E-state index is 13.6. The zero-order valence-corrected chi connectivity index (χ0v) is 22.8. The van der Waals surface area contributed by atoms with E-state index in [0.29, 0.717) is 12.5 Å². The Morgan fingerprint density at radius 1 is 0.972 bits per heavy atom. The van der Waals surface area contributed by atoms with E-state index >= 15 is 0 Å². The van der Waals surface area contributed by atoms with Gasteiger partial charge in [0.25, 0.3) is 0 Å². The number of nitrogens with one attached hydrogen (secondary N) is 1. The van der Waals surface area contributed by atoms with E-state index in [-0.39, 0.29) is 23.9 Å². The molecule has 5 nitrogen and oxygen atoms in total. The van der Waals surface area contributed by atoms with E-state index < -0.39 is 0 Å². The number of aromatic nitrogens is 1. The second-order valence-electron chi connectivity index (χ2n) is 12.2. The van der Waals surface area contributed by atoms with Crippen molar-refractivity contribution >= 4 is 22.5 Å². The van der Waals surface area contributed by atoms with Crippen LogP contribution >= 0.6 is 0 Å². The Balaban J connectivity index is 1.45. The molecule has 3 aliphatic rings. The number of anilines is 1. The number of hydrogen-bond donors (Lipinski definition) is 1. The zero-order valence-electron chi connectivity index (χ0n) is 22.8. The molecule has 5 heteroatoms. The molecule has 1 aromatic carbocycles. The summed E-state index contributed by atoms with van der Waals surface area (Å²) < 4.78 is 8.82. The molecule has 0 radical (unpaired) electrons. The number of carbonyl (C=O) groups is 1. The lowest BCUT2D eigenvalue weighted by Crippen LogP contribution is -2.52. The Labute approximate surface area is 217 Å². The van der Waals surface area contributed by atoms with Crippen LogP contribution in [0.3, 0.4) is 0 Å². The lowest BCUT2D eigenvalue weighted by molar-refractivity contribution is -0.124. The molecule has 0 spiro atoms. The van der Waals surface area contributed by atoms with Crippen molar-refractivity contribution in [1.82, 2.24) is 9.88 Å². The summed E-state index contributed by atoms with van der Waals surface area (Å²) in [5.74, 6) is 1.79. The molecule has 1 amide bonds. The van der Waals surface area contributed by atoms with E-state index in [1.165, 1.54) is 86.4 Å². The monoisotopic (exact) mass is 493 g/mol.